The Kier molecular flexibility index (Phi) is 6.04. The summed E-state index contributed by atoms with van der Waals surface area (Å²) in [5.74, 6) is -0.127. The zero-order valence-electron chi connectivity index (χ0n) is 15.0. The van der Waals surface area contributed by atoms with Crippen molar-refractivity contribution in [3.8, 4) is 0 Å². The number of hydrogen-bond donors (Lipinski definition) is 1. The molecule has 1 saturated heterocycles. The average molecular weight is 347 g/mol. The van der Waals surface area contributed by atoms with E-state index in [4.69, 9.17) is 4.99 Å². The van der Waals surface area contributed by atoms with E-state index in [1.807, 2.05) is 27.7 Å². The molecule has 0 aliphatic carbocycles. The molecule has 1 fully saturated rings. The maximum Gasteiger partial charge on any atom is 0.242 e. The van der Waals surface area contributed by atoms with E-state index in [0.717, 1.165) is 16.8 Å². The molecule has 2 amide bonds. The van der Waals surface area contributed by atoms with Crippen molar-refractivity contribution in [1.29, 1.82) is 0 Å². The Bertz CT molecular complexity index is 662. The van der Waals surface area contributed by atoms with Crippen molar-refractivity contribution in [3.05, 3.63) is 28.8 Å². The first kappa shape index (κ1) is 18.5. The second-order valence-electron chi connectivity index (χ2n) is 5.99. The molecule has 1 atom stereocenters. The maximum absolute atomic E-state index is 12.5. The number of hydrogen-bond acceptors (Lipinski definition) is 4. The number of benzene rings is 1. The molecular weight excluding hydrogens is 322 g/mol. The van der Waals surface area contributed by atoms with Crippen LogP contribution in [0.2, 0.25) is 0 Å². The van der Waals surface area contributed by atoms with Crippen molar-refractivity contribution in [1.82, 2.24) is 10.2 Å². The molecule has 2 rings (SSSR count). The van der Waals surface area contributed by atoms with Gasteiger partial charge in [0.15, 0.2) is 5.17 Å². The molecule has 1 aliphatic heterocycles. The fraction of sp³-hybridized carbons (Fsp3) is 0.500. The number of rotatable bonds is 5. The van der Waals surface area contributed by atoms with Crippen molar-refractivity contribution < 1.29 is 9.59 Å². The first-order chi connectivity index (χ1) is 11.4. The monoisotopic (exact) mass is 347 g/mol. The van der Waals surface area contributed by atoms with Crippen molar-refractivity contribution in [2.45, 2.75) is 46.3 Å². The van der Waals surface area contributed by atoms with Gasteiger partial charge in [0.2, 0.25) is 11.8 Å². The standard InChI is InChI=1S/C18H25N3O2S/c1-6-19-15(22)10-14-17(23)21(7-2)18(24-14)20-16-12(4)8-11(3)9-13(16)5/h8-9,14H,6-7,10H2,1-5H3,(H,19,22). The number of nitrogens with one attached hydrogen (secondary N) is 1. The molecule has 1 aliphatic rings. The van der Waals surface area contributed by atoms with Gasteiger partial charge in [-0.25, -0.2) is 4.99 Å². The molecule has 5 nitrogen and oxygen atoms in total. The molecule has 1 unspecified atom stereocenters. The van der Waals surface area contributed by atoms with Crippen LogP contribution in [0.5, 0.6) is 0 Å². The lowest BCUT2D eigenvalue weighted by Gasteiger charge is -2.14. The van der Waals surface area contributed by atoms with Crippen LogP contribution in [-0.2, 0) is 9.59 Å². The normalized spacial score (nSPS) is 19.2. The summed E-state index contributed by atoms with van der Waals surface area (Å²) >= 11 is 1.39. The lowest BCUT2D eigenvalue weighted by molar-refractivity contribution is -0.129. The third-order valence-electron chi connectivity index (χ3n) is 3.92. The largest absolute Gasteiger partial charge is 0.356 e. The number of thioether (sulfide) groups is 1. The van der Waals surface area contributed by atoms with Crippen LogP contribution in [-0.4, -0.2) is 40.2 Å². The Morgan fingerprint density at radius 2 is 1.88 bits per heavy atom. The highest BCUT2D eigenvalue weighted by molar-refractivity contribution is 8.15. The number of amides is 2. The van der Waals surface area contributed by atoms with Crippen LogP contribution in [0.1, 0.15) is 37.0 Å². The predicted octanol–water partition coefficient (Wildman–Crippen LogP) is 3.09. The first-order valence-electron chi connectivity index (χ1n) is 8.28. The number of nitrogens with zero attached hydrogens (tertiary/aromatic N) is 2. The Hall–Kier alpha value is -1.82. The number of carbonyl (C=O) groups is 2. The second kappa shape index (κ2) is 7.83. The average Bonchev–Trinajstić information content (AvgIpc) is 2.78. The molecule has 1 heterocycles. The maximum atomic E-state index is 12.5. The van der Waals surface area contributed by atoms with Crippen LogP contribution >= 0.6 is 11.8 Å². The van der Waals surface area contributed by atoms with E-state index in [2.05, 4.69) is 24.4 Å². The molecular formula is C18H25N3O2S. The number of aryl methyl sites for hydroxylation is 3. The summed E-state index contributed by atoms with van der Waals surface area (Å²) in [7, 11) is 0. The van der Waals surface area contributed by atoms with E-state index in [1.54, 1.807) is 4.90 Å². The molecule has 0 saturated carbocycles. The van der Waals surface area contributed by atoms with Crippen molar-refractivity contribution >= 4 is 34.4 Å². The zero-order chi connectivity index (χ0) is 17.9. The lowest BCUT2D eigenvalue weighted by atomic mass is 10.1. The van der Waals surface area contributed by atoms with Gasteiger partial charge in [-0.05, 0) is 45.7 Å². The Morgan fingerprint density at radius 1 is 1.25 bits per heavy atom. The van der Waals surface area contributed by atoms with E-state index in [1.165, 1.54) is 17.3 Å². The van der Waals surface area contributed by atoms with Gasteiger partial charge < -0.3 is 5.32 Å². The van der Waals surface area contributed by atoms with Gasteiger partial charge in [-0.15, -0.1) is 0 Å². The Labute approximate surface area is 147 Å². The number of aliphatic imine (C=N–C) groups is 1. The van der Waals surface area contributed by atoms with Gasteiger partial charge in [0, 0.05) is 19.5 Å². The van der Waals surface area contributed by atoms with Crippen LogP contribution in [0.3, 0.4) is 0 Å². The van der Waals surface area contributed by atoms with E-state index in [9.17, 15) is 9.59 Å². The molecule has 24 heavy (non-hydrogen) atoms. The molecule has 0 bridgehead atoms. The first-order valence-corrected chi connectivity index (χ1v) is 9.16. The number of amidine groups is 1. The molecule has 0 aromatic heterocycles. The summed E-state index contributed by atoms with van der Waals surface area (Å²) in [5, 5.41) is 3.05. The highest BCUT2D eigenvalue weighted by atomic mass is 32.2. The van der Waals surface area contributed by atoms with Gasteiger partial charge in [0.05, 0.1) is 5.69 Å². The smallest absolute Gasteiger partial charge is 0.242 e. The van der Waals surface area contributed by atoms with Crippen molar-refractivity contribution in [3.63, 3.8) is 0 Å². The van der Waals surface area contributed by atoms with E-state index >= 15 is 0 Å². The topological polar surface area (TPSA) is 61.8 Å². The number of carbonyl (C=O) groups excluding carboxylic acids is 2. The lowest BCUT2D eigenvalue weighted by Crippen LogP contribution is -2.34. The highest BCUT2D eigenvalue weighted by Crippen LogP contribution is 2.33. The summed E-state index contributed by atoms with van der Waals surface area (Å²) in [4.78, 5) is 30.8. The van der Waals surface area contributed by atoms with Crippen LogP contribution in [0.25, 0.3) is 0 Å². The molecule has 130 valence electrons. The molecule has 6 heteroatoms. The quantitative estimate of drug-likeness (QED) is 0.890. The summed E-state index contributed by atoms with van der Waals surface area (Å²) < 4.78 is 0. The van der Waals surface area contributed by atoms with Crippen molar-refractivity contribution in [2.24, 2.45) is 4.99 Å². The predicted molar refractivity (Wildman–Crippen MR) is 99.8 cm³/mol. The molecule has 1 N–H and O–H groups in total. The molecule has 0 spiro atoms. The summed E-state index contributed by atoms with van der Waals surface area (Å²) in [6.45, 7) is 11.1. The molecule has 1 aromatic rings. The van der Waals surface area contributed by atoms with Gasteiger partial charge in [-0.3, -0.25) is 14.5 Å². The molecule has 1 aromatic carbocycles. The van der Waals surface area contributed by atoms with E-state index < -0.39 is 0 Å². The fourth-order valence-corrected chi connectivity index (χ4v) is 4.11. The summed E-state index contributed by atoms with van der Waals surface area (Å²) in [6.07, 6.45) is 0.193. The highest BCUT2D eigenvalue weighted by Gasteiger charge is 2.38. The minimum absolute atomic E-state index is 0.0325. The van der Waals surface area contributed by atoms with Gasteiger partial charge in [-0.2, -0.15) is 0 Å². The van der Waals surface area contributed by atoms with Gasteiger partial charge in [-0.1, -0.05) is 29.5 Å². The van der Waals surface area contributed by atoms with E-state index in [0.29, 0.717) is 18.3 Å². The third kappa shape index (κ3) is 3.98. The zero-order valence-corrected chi connectivity index (χ0v) is 15.8. The fourth-order valence-electron chi connectivity index (χ4n) is 2.90. The van der Waals surface area contributed by atoms with E-state index in [-0.39, 0.29) is 23.5 Å². The molecule has 0 radical (unpaired) electrons. The third-order valence-corrected chi connectivity index (χ3v) is 5.10. The van der Waals surface area contributed by atoms with Crippen LogP contribution in [0.15, 0.2) is 17.1 Å². The Morgan fingerprint density at radius 3 is 2.42 bits per heavy atom. The summed E-state index contributed by atoms with van der Waals surface area (Å²) in [6, 6.07) is 4.19. The van der Waals surface area contributed by atoms with Gasteiger partial charge in [0.1, 0.15) is 5.25 Å². The van der Waals surface area contributed by atoms with Gasteiger partial charge in [0.25, 0.3) is 0 Å². The SMILES string of the molecule is CCNC(=O)CC1SC(=Nc2c(C)cc(C)cc2C)N(CC)C1=O. The van der Waals surface area contributed by atoms with Crippen molar-refractivity contribution in [2.75, 3.05) is 13.1 Å². The van der Waals surface area contributed by atoms with Crippen LogP contribution < -0.4 is 5.32 Å². The minimum atomic E-state index is -0.388. The minimum Gasteiger partial charge on any atom is -0.356 e. The second-order valence-corrected chi connectivity index (χ2v) is 7.16. The Balaban J connectivity index is 2.29. The summed E-state index contributed by atoms with van der Waals surface area (Å²) in [5.41, 5.74) is 4.30. The van der Waals surface area contributed by atoms with Crippen LogP contribution in [0, 0.1) is 20.8 Å². The van der Waals surface area contributed by atoms with Gasteiger partial charge >= 0.3 is 0 Å². The van der Waals surface area contributed by atoms with Crippen LogP contribution in [0.4, 0.5) is 5.69 Å².